The summed E-state index contributed by atoms with van der Waals surface area (Å²) in [5, 5.41) is 0.651. The van der Waals surface area contributed by atoms with Crippen LogP contribution in [0.25, 0.3) is 10.2 Å². The number of benzene rings is 2. The van der Waals surface area contributed by atoms with E-state index in [4.69, 9.17) is 4.74 Å². The third-order valence-electron chi connectivity index (χ3n) is 4.68. The predicted molar refractivity (Wildman–Crippen MR) is 108 cm³/mol. The fourth-order valence-corrected chi connectivity index (χ4v) is 3.97. The van der Waals surface area contributed by atoms with Crippen LogP contribution in [0.3, 0.4) is 0 Å². The molecular weight excluding hydrogens is 358 g/mol. The maximum absolute atomic E-state index is 11.5. The average molecular weight is 379 g/mol. The molecule has 0 saturated carbocycles. The maximum Gasteiger partial charge on any atom is 0.279 e. The first-order valence-corrected chi connectivity index (χ1v) is 9.71. The summed E-state index contributed by atoms with van der Waals surface area (Å²) < 4.78 is 7.02. The van der Waals surface area contributed by atoms with Gasteiger partial charge in [0.15, 0.2) is 0 Å². The zero-order valence-electron chi connectivity index (χ0n) is 15.2. The molecule has 0 aliphatic carbocycles. The molecule has 1 amide bonds. The molecule has 138 valence electrons. The number of hydrogen-bond donors (Lipinski definition) is 0. The van der Waals surface area contributed by atoms with Gasteiger partial charge in [0, 0.05) is 32.3 Å². The van der Waals surface area contributed by atoms with E-state index in [9.17, 15) is 4.79 Å². The van der Waals surface area contributed by atoms with Crippen LogP contribution in [0.15, 0.2) is 60.8 Å². The standard InChI is InChI=1S/C21H21N3O2S/c1-15-13-24(16(2)25)12-11-23(15)14-17-7-9-18(10-8-17)26-21-22-19-5-3-4-6-20(19)27-21/h3-10H,1,11-14H2,2H3. The molecule has 3 aromatic rings. The minimum absolute atomic E-state index is 0.104. The van der Waals surface area contributed by atoms with Gasteiger partial charge in [0.05, 0.1) is 16.8 Å². The number of piperazine rings is 1. The van der Waals surface area contributed by atoms with Crippen molar-refractivity contribution in [3.8, 4) is 10.9 Å². The normalized spacial score (nSPS) is 14.6. The number of fused-ring (bicyclic) bond motifs is 1. The summed E-state index contributed by atoms with van der Waals surface area (Å²) in [6.45, 7) is 8.66. The highest BCUT2D eigenvalue weighted by Gasteiger charge is 2.21. The third kappa shape index (κ3) is 3.95. The quantitative estimate of drug-likeness (QED) is 0.679. The van der Waals surface area contributed by atoms with E-state index in [0.717, 1.165) is 41.3 Å². The van der Waals surface area contributed by atoms with Crippen LogP contribution in [-0.4, -0.2) is 40.3 Å². The van der Waals surface area contributed by atoms with Gasteiger partial charge >= 0.3 is 0 Å². The van der Waals surface area contributed by atoms with Gasteiger partial charge in [-0.1, -0.05) is 42.2 Å². The lowest BCUT2D eigenvalue weighted by Crippen LogP contribution is -2.45. The Balaban J connectivity index is 1.39. The van der Waals surface area contributed by atoms with Crippen LogP contribution < -0.4 is 4.74 Å². The maximum atomic E-state index is 11.5. The van der Waals surface area contributed by atoms with Gasteiger partial charge < -0.3 is 14.5 Å². The SMILES string of the molecule is C=C1CN(C(C)=O)CCN1Cc1ccc(Oc2nc3ccccc3s2)cc1. The van der Waals surface area contributed by atoms with Gasteiger partial charge in [0.1, 0.15) is 5.75 Å². The lowest BCUT2D eigenvalue weighted by Gasteiger charge is -2.37. The second-order valence-electron chi connectivity index (χ2n) is 6.62. The van der Waals surface area contributed by atoms with Gasteiger partial charge in [-0.15, -0.1) is 0 Å². The summed E-state index contributed by atoms with van der Waals surface area (Å²) in [7, 11) is 0. The number of thiazole rings is 1. The first-order valence-electron chi connectivity index (χ1n) is 8.89. The molecule has 0 N–H and O–H groups in total. The van der Waals surface area contributed by atoms with Gasteiger partial charge in [-0.05, 0) is 29.8 Å². The van der Waals surface area contributed by atoms with Gasteiger partial charge in [-0.3, -0.25) is 4.79 Å². The van der Waals surface area contributed by atoms with E-state index in [1.807, 2.05) is 41.3 Å². The topological polar surface area (TPSA) is 45.7 Å². The van der Waals surface area contributed by atoms with E-state index in [-0.39, 0.29) is 5.91 Å². The number of ether oxygens (including phenoxy) is 1. The summed E-state index contributed by atoms with van der Waals surface area (Å²) in [4.78, 5) is 20.1. The smallest absolute Gasteiger partial charge is 0.279 e. The van der Waals surface area contributed by atoms with Crippen LogP contribution in [-0.2, 0) is 11.3 Å². The zero-order chi connectivity index (χ0) is 18.8. The number of carbonyl (C=O) groups excluding carboxylic acids is 1. The fraction of sp³-hybridized carbons (Fsp3) is 0.238. The number of rotatable bonds is 4. The van der Waals surface area contributed by atoms with E-state index >= 15 is 0 Å². The molecular formula is C21H21N3O2S. The van der Waals surface area contributed by atoms with Crippen LogP contribution in [0.4, 0.5) is 0 Å². The molecule has 1 aliphatic heterocycles. The van der Waals surface area contributed by atoms with E-state index < -0.39 is 0 Å². The molecule has 0 atom stereocenters. The Kier molecular flexibility index (Phi) is 4.81. The largest absolute Gasteiger partial charge is 0.431 e. The first-order chi connectivity index (χ1) is 13.1. The van der Waals surface area contributed by atoms with Crippen molar-refractivity contribution in [1.82, 2.24) is 14.8 Å². The van der Waals surface area contributed by atoms with Crippen molar-refractivity contribution >= 4 is 27.5 Å². The molecule has 1 aliphatic rings. The van der Waals surface area contributed by atoms with Crippen molar-refractivity contribution in [3.63, 3.8) is 0 Å². The Labute approximate surface area is 162 Å². The summed E-state index contributed by atoms with van der Waals surface area (Å²) in [6, 6.07) is 16.1. The molecule has 0 radical (unpaired) electrons. The minimum atomic E-state index is 0.104. The molecule has 0 bridgehead atoms. The summed E-state index contributed by atoms with van der Waals surface area (Å²) >= 11 is 1.54. The molecule has 5 nitrogen and oxygen atoms in total. The summed E-state index contributed by atoms with van der Waals surface area (Å²) in [5.41, 5.74) is 3.12. The van der Waals surface area contributed by atoms with Gasteiger partial charge in [-0.25, -0.2) is 4.98 Å². The molecule has 6 heteroatoms. The van der Waals surface area contributed by atoms with E-state index in [1.165, 1.54) is 5.56 Å². The monoisotopic (exact) mass is 379 g/mol. The average Bonchev–Trinajstić information content (AvgIpc) is 3.07. The van der Waals surface area contributed by atoms with Gasteiger partial charge in [-0.2, -0.15) is 0 Å². The molecule has 2 heterocycles. The van der Waals surface area contributed by atoms with Crippen LogP contribution in [0.5, 0.6) is 10.9 Å². The van der Waals surface area contributed by atoms with Crippen molar-refractivity contribution in [3.05, 3.63) is 66.4 Å². The zero-order valence-corrected chi connectivity index (χ0v) is 16.0. The van der Waals surface area contributed by atoms with E-state index in [0.29, 0.717) is 11.7 Å². The number of amides is 1. The molecule has 1 saturated heterocycles. The molecule has 1 aromatic heterocycles. The molecule has 4 rings (SSSR count). The number of aromatic nitrogens is 1. The Morgan fingerprint density at radius 3 is 2.67 bits per heavy atom. The predicted octanol–water partition coefficient (Wildman–Crippen LogP) is 4.27. The highest BCUT2D eigenvalue weighted by Crippen LogP contribution is 2.31. The second-order valence-corrected chi connectivity index (χ2v) is 7.62. The van der Waals surface area contributed by atoms with Crippen LogP contribution in [0, 0.1) is 0 Å². The van der Waals surface area contributed by atoms with Crippen LogP contribution in [0.2, 0.25) is 0 Å². The van der Waals surface area contributed by atoms with Crippen molar-refractivity contribution in [1.29, 1.82) is 0 Å². The van der Waals surface area contributed by atoms with Crippen molar-refractivity contribution < 1.29 is 9.53 Å². The summed E-state index contributed by atoms with van der Waals surface area (Å²) in [6.07, 6.45) is 0. The Morgan fingerprint density at radius 2 is 1.96 bits per heavy atom. The van der Waals surface area contributed by atoms with E-state index in [2.05, 4.69) is 28.6 Å². The Bertz CT molecular complexity index is 948. The minimum Gasteiger partial charge on any atom is -0.431 e. The van der Waals surface area contributed by atoms with Crippen LogP contribution in [0.1, 0.15) is 12.5 Å². The van der Waals surface area contributed by atoms with Gasteiger partial charge in [0.2, 0.25) is 5.91 Å². The molecule has 0 spiro atoms. The first kappa shape index (κ1) is 17.5. The summed E-state index contributed by atoms with van der Waals surface area (Å²) in [5.74, 6) is 0.880. The number of carbonyl (C=O) groups is 1. The number of nitrogens with zero attached hydrogens (tertiary/aromatic N) is 3. The third-order valence-corrected chi connectivity index (χ3v) is 5.60. The highest BCUT2D eigenvalue weighted by molar-refractivity contribution is 7.20. The van der Waals surface area contributed by atoms with Crippen LogP contribution >= 0.6 is 11.3 Å². The highest BCUT2D eigenvalue weighted by atomic mass is 32.1. The van der Waals surface area contributed by atoms with Gasteiger partial charge in [0.25, 0.3) is 5.19 Å². The number of para-hydroxylation sites is 1. The lowest BCUT2D eigenvalue weighted by atomic mass is 10.1. The fourth-order valence-electron chi connectivity index (χ4n) is 3.14. The molecule has 0 unspecified atom stereocenters. The van der Waals surface area contributed by atoms with Crippen molar-refractivity contribution in [2.45, 2.75) is 13.5 Å². The molecule has 27 heavy (non-hydrogen) atoms. The number of hydrogen-bond acceptors (Lipinski definition) is 5. The van der Waals surface area contributed by atoms with Crippen molar-refractivity contribution in [2.24, 2.45) is 0 Å². The molecule has 1 fully saturated rings. The lowest BCUT2D eigenvalue weighted by molar-refractivity contribution is -0.129. The second kappa shape index (κ2) is 7.40. The Morgan fingerprint density at radius 1 is 1.19 bits per heavy atom. The van der Waals surface area contributed by atoms with Crippen molar-refractivity contribution in [2.75, 3.05) is 19.6 Å². The molecule has 2 aromatic carbocycles. The Hall–Kier alpha value is -2.86. The van der Waals surface area contributed by atoms with E-state index in [1.54, 1.807) is 18.3 Å².